The highest BCUT2D eigenvalue weighted by Crippen LogP contribution is 2.29. The number of methoxy groups -OCH3 is 1. The zero-order valence-corrected chi connectivity index (χ0v) is 12.0. The second-order valence-electron chi connectivity index (χ2n) is 4.62. The van der Waals surface area contributed by atoms with Gasteiger partial charge in [-0.2, -0.15) is 0 Å². The van der Waals surface area contributed by atoms with Crippen LogP contribution in [-0.2, 0) is 0 Å². The fourth-order valence-corrected chi connectivity index (χ4v) is 2.20. The molecule has 0 saturated heterocycles. The van der Waals surface area contributed by atoms with E-state index < -0.39 is 0 Å². The lowest BCUT2D eigenvalue weighted by Crippen LogP contribution is -2.22. The van der Waals surface area contributed by atoms with Gasteiger partial charge in [0.2, 0.25) is 0 Å². The molecule has 0 aliphatic carbocycles. The van der Waals surface area contributed by atoms with Gasteiger partial charge in [-0.25, -0.2) is 4.39 Å². The first kappa shape index (κ1) is 14.5. The third-order valence-corrected chi connectivity index (χ3v) is 3.28. The predicted molar refractivity (Wildman–Crippen MR) is 77.4 cm³/mol. The molecule has 1 atom stereocenters. The molecule has 1 N–H and O–H groups in total. The number of hydrogen-bond acceptors (Lipinski definition) is 3. The molecule has 0 aliphatic heterocycles. The molecule has 2 aromatic rings. The first-order valence-corrected chi connectivity index (χ1v) is 6.64. The first-order chi connectivity index (χ1) is 9.67. The summed E-state index contributed by atoms with van der Waals surface area (Å²) in [6, 6.07) is 7.08. The molecule has 1 heterocycles. The van der Waals surface area contributed by atoms with E-state index in [1.807, 2.05) is 19.1 Å². The fourth-order valence-electron chi connectivity index (χ4n) is 2.20. The average molecular weight is 274 g/mol. The van der Waals surface area contributed by atoms with Crippen molar-refractivity contribution in [3.8, 4) is 5.75 Å². The van der Waals surface area contributed by atoms with Crippen LogP contribution in [0.3, 0.4) is 0 Å². The highest BCUT2D eigenvalue weighted by atomic mass is 19.1. The van der Waals surface area contributed by atoms with E-state index in [0.717, 1.165) is 17.7 Å². The van der Waals surface area contributed by atoms with Gasteiger partial charge in [0, 0.05) is 11.8 Å². The summed E-state index contributed by atoms with van der Waals surface area (Å²) in [7, 11) is 1.61. The van der Waals surface area contributed by atoms with Gasteiger partial charge in [-0.15, -0.1) is 0 Å². The lowest BCUT2D eigenvalue weighted by molar-refractivity contribution is 0.402. The Morgan fingerprint density at radius 1 is 1.35 bits per heavy atom. The standard InChI is InChI=1S/C16H19FN2O/c1-4-19-16(12-6-5-11(2)14(17)9-12)13-7-8-18-10-15(13)20-3/h5-10,16,19H,4H2,1-3H3. The topological polar surface area (TPSA) is 34.2 Å². The molecule has 1 aromatic carbocycles. The molecule has 0 fully saturated rings. The van der Waals surface area contributed by atoms with Crippen molar-refractivity contribution < 1.29 is 9.13 Å². The van der Waals surface area contributed by atoms with Gasteiger partial charge in [0.25, 0.3) is 0 Å². The van der Waals surface area contributed by atoms with Gasteiger partial charge in [0.05, 0.1) is 19.3 Å². The molecule has 20 heavy (non-hydrogen) atoms. The van der Waals surface area contributed by atoms with Crippen molar-refractivity contribution in [2.75, 3.05) is 13.7 Å². The van der Waals surface area contributed by atoms with E-state index in [-0.39, 0.29) is 11.9 Å². The number of nitrogens with one attached hydrogen (secondary N) is 1. The molecule has 3 nitrogen and oxygen atoms in total. The number of rotatable bonds is 5. The second-order valence-corrected chi connectivity index (χ2v) is 4.62. The highest BCUT2D eigenvalue weighted by Gasteiger charge is 2.18. The summed E-state index contributed by atoms with van der Waals surface area (Å²) in [5, 5.41) is 3.36. The first-order valence-electron chi connectivity index (χ1n) is 6.64. The molecular weight excluding hydrogens is 255 g/mol. The molecule has 106 valence electrons. The summed E-state index contributed by atoms with van der Waals surface area (Å²) in [4.78, 5) is 4.06. The minimum Gasteiger partial charge on any atom is -0.495 e. The number of ether oxygens (including phenoxy) is 1. The van der Waals surface area contributed by atoms with Crippen LogP contribution in [0.15, 0.2) is 36.7 Å². The molecule has 1 aromatic heterocycles. The fraction of sp³-hybridized carbons (Fsp3) is 0.312. The highest BCUT2D eigenvalue weighted by molar-refractivity contribution is 5.40. The van der Waals surface area contributed by atoms with E-state index in [1.165, 1.54) is 0 Å². The summed E-state index contributed by atoms with van der Waals surface area (Å²) in [5.41, 5.74) is 2.47. The Hall–Kier alpha value is -1.94. The van der Waals surface area contributed by atoms with Crippen LogP contribution in [0.1, 0.15) is 29.7 Å². The monoisotopic (exact) mass is 274 g/mol. The van der Waals surface area contributed by atoms with E-state index in [2.05, 4.69) is 10.3 Å². The van der Waals surface area contributed by atoms with E-state index >= 15 is 0 Å². The van der Waals surface area contributed by atoms with Crippen LogP contribution in [-0.4, -0.2) is 18.6 Å². The van der Waals surface area contributed by atoms with Crippen molar-refractivity contribution in [1.82, 2.24) is 10.3 Å². The van der Waals surface area contributed by atoms with Gasteiger partial charge < -0.3 is 10.1 Å². The SMILES string of the molecule is CCNC(c1ccc(C)c(F)c1)c1ccncc1OC. The minimum atomic E-state index is -0.196. The molecule has 4 heteroatoms. The Labute approximate surface area is 118 Å². The van der Waals surface area contributed by atoms with Gasteiger partial charge in [-0.05, 0) is 36.7 Å². The Kier molecular flexibility index (Phi) is 4.69. The smallest absolute Gasteiger partial charge is 0.142 e. The zero-order valence-electron chi connectivity index (χ0n) is 12.0. The van der Waals surface area contributed by atoms with E-state index in [9.17, 15) is 4.39 Å². The number of aryl methyl sites for hydroxylation is 1. The maximum absolute atomic E-state index is 13.8. The van der Waals surface area contributed by atoms with Gasteiger partial charge in [0.15, 0.2) is 0 Å². The van der Waals surface area contributed by atoms with Crippen LogP contribution in [0.2, 0.25) is 0 Å². The van der Waals surface area contributed by atoms with Crippen molar-refractivity contribution in [2.45, 2.75) is 19.9 Å². The van der Waals surface area contributed by atoms with E-state index in [0.29, 0.717) is 11.3 Å². The van der Waals surface area contributed by atoms with Crippen LogP contribution in [0.4, 0.5) is 4.39 Å². The van der Waals surface area contributed by atoms with Crippen LogP contribution in [0.5, 0.6) is 5.75 Å². The number of nitrogens with zero attached hydrogens (tertiary/aromatic N) is 1. The molecule has 1 unspecified atom stereocenters. The molecule has 0 amide bonds. The third-order valence-electron chi connectivity index (χ3n) is 3.28. The lowest BCUT2D eigenvalue weighted by atomic mass is 9.97. The van der Waals surface area contributed by atoms with Crippen molar-refractivity contribution in [1.29, 1.82) is 0 Å². The Bertz CT molecular complexity index is 586. The van der Waals surface area contributed by atoms with Gasteiger partial charge in [-0.3, -0.25) is 4.98 Å². The second kappa shape index (κ2) is 6.48. The third kappa shape index (κ3) is 2.96. The van der Waals surface area contributed by atoms with Crippen LogP contribution in [0.25, 0.3) is 0 Å². The van der Waals surface area contributed by atoms with E-state index in [1.54, 1.807) is 38.6 Å². The van der Waals surface area contributed by atoms with Crippen LogP contribution < -0.4 is 10.1 Å². The number of hydrogen-bond donors (Lipinski definition) is 1. The average Bonchev–Trinajstić information content (AvgIpc) is 2.48. The van der Waals surface area contributed by atoms with Crippen molar-refractivity contribution in [3.63, 3.8) is 0 Å². The summed E-state index contributed by atoms with van der Waals surface area (Å²) in [6.07, 6.45) is 3.39. The normalized spacial score (nSPS) is 12.2. The number of benzene rings is 1. The number of aromatic nitrogens is 1. The van der Waals surface area contributed by atoms with Crippen LogP contribution in [0, 0.1) is 12.7 Å². The van der Waals surface area contributed by atoms with Gasteiger partial charge in [0.1, 0.15) is 11.6 Å². The molecular formula is C16H19FN2O. The van der Waals surface area contributed by atoms with Crippen molar-refractivity contribution in [3.05, 3.63) is 59.2 Å². The Morgan fingerprint density at radius 2 is 2.15 bits per heavy atom. The van der Waals surface area contributed by atoms with E-state index in [4.69, 9.17) is 4.74 Å². The summed E-state index contributed by atoms with van der Waals surface area (Å²) < 4.78 is 19.2. The quantitative estimate of drug-likeness (QED) is 0.909. The zero-order chi connectivity index (χ0) is 14.5. The van der Waals surface area contributed by atoms with Crippen LogP contribution >= 0.6 is 0 Å². The maximum Gasteiger partial charge on any atom is 0.142 e. The molecule has 0 saturated carbocycles. The van der Waals surface area contributed by atoms with Gasteiger partial charge in [-0.1, -0.05) is 19.1 Å². The molecule has 2 rings (SSSR count). The molecule has 0 radical (unpaired) electrons. The lowest BCUT2D eigenvalue weighted by Gasteiger charge is -2.21. The van der Waals surface area contributed by atoms with Gasteiger partial charge >= 0.3 is 0 Å². The summed E-state index contributed by atoms with van der Waals surface area (Å²) >= 11 is 0. The molecule has 0 aliphatic rings. The number of halogens is 1. The minimum absolute atomic E-state index is 0.118. The van der Waals surface area contributed by atoms with Crippen molar-refractivity contribution in [2.24, 2.45) is 0 Å². The Morgan fingerprint density at radius 3 is 2.80 bits per heavy atom. The molecule has 0 spiro atoms. The summed E-state index contributed by atoms with van der Waals surface area (Å²) in [5.74, 6) is 0.498. The number of pyridine rings is 1. The predicted octanol–water partition coefficient (Wildman–Crippen LogP) is 3.24. The summed E-state index contributed by atoms with van der Waals surface area (Å²) in [6.45, 7) is 4.55. The largest absolute Gasteiger partial charge is 0.495 e. The molecule has 0 bridgehead atoms. The Balaban J connectivity index is 2.47. The van der Waals surface area contributed by atoms with Crippen molar-refractivity contribution >= 4 is 0 Å². The maximum atomic E-state index is 13.8.